The second-order valence-electron chi connectivity index (χ2n) is 9.04. The molecule has 1 aromatic carbocycles. The van der Waals surface area contributed by atoms with Gasteiger partial charge in [-0.05, 0) is 57.4 Å². The number of alkyl halides is 2. The Hall–Kier alpha value is -1.64. The average Bonchev–Trinajstić information content (AvgIpc) is 3.30. The lowest BCUT2D eigenvalue weighted by molar-refractivity contribution is -0.143. The number of carbonyl (C=O) groups excluding carboxylic acids is 2. The highest BCUT2D eigenvalue weighted by molar-refractivity contribution is 6.42. The molecule has 0 bridgehead atoms. The van der Waals surface area contributed by atoms with E-state index in [9.17, 15) is 18.4 Å². The van der Waals surface area contributed by atoms with E-state index in [1.165, 1.54) is 0 Å². The molecule has 176 valence electrons. The predicted molar refractivity (Wildman–Crippen MR) is 121 cm³/mol. The first-order chi connectivity index (χ1) is 15.1. The lowest BCUT2D eigenvalue weighted by Gasteiger charge is -2.43. The van der Waals surface area contributed by atoms with Crippen molar-refractivity contribution in [3.05, 3.63) is 28.2 Å². The van der Waals surface area contributed by atoms with Crippen molar-refractivity contribution in [2.24, 2.45) is 0 Å². The van der Waals surface area contributed by atoms with Crippen molar-refractivity contribution in [3.8, 4) is 0 Å². The van der Waals surface area contributed by atoms with Crippen molar-refractivity contribution in [1.82, 2.24) is 14.7 Å². The van der Waals surface area contributed by atoms with E-state index >= 15 is 0 Å². The van der Waals surface area contributed by atoms with Gasteiger partial charge in [0.25, 0.3) is 5.92 Å². The number of piperazine rings is 1. The van der Waals surface area contributed by atoms with E-state index in [4.69, 9.17) is 23.2 Å². The molecule has 1 N–H and O–H groups in total. The van der Waals surface area contributed by atoms with Crippen LogP contribution in [-0.4, -0.2) is 76.9 Å². The maximum Gasteiger partial charge on any atom is 0.322 e. The van der Waals surface area contributed by atoms with Crippen LogP contribution >= 0.6 is 23.2 Å². The fraction of sp³-hybridized carbons (Fsp3) is 0.636. The molecule has 32 heavy (non-hydrogen) atoms. The molecular weight excluding hydrogens is 461 g/mol. The largest absolute Gasteiger partial charge is 0.333 e. The van der Waals surface area contributed by atoms with Gasteiger partial charge >= 0.3 is 6.03 Å². The van der Waals surface area contributed by atoms with Crippen molar-refractivity contribution in [2.45, 2.75) is 63.1 Å². The first-order valence-corrected chi connectivity index (χ1v) is 11.9. The number of benzene rings is 1. The minimum Gasteiger partial charge on any atom is -0.333 e. The molecule has 3 atom stereocenters. The number of nitrogens with one attached hydrogen (secondary N) is 1. The zero-order valence-corrected chi connectivity index (χ0v) is 19.5. The number of anilines is 1. The van der Waals surface area contributed by atoms with Crippen LogP contribution in [0.3, 0.4) is 0 Å². The highest BCUT2D eigenvalue weighted by Crippen LogP contribution is 2.34. The molecule has 3 amide bonds. The maximum absolute atomic E-state index is 13.4. The molecule has 6 nitrogen and oxygen atoms in total. The summed E-state index contributed by atoms with van der Waals surface area (Å²) in [5.74, 6) is -2.63. The highest BCUT2D eigenvalue weighted by Gasteiger charge is 2.46. The van der Waals surface area contributed by atoms with E-state index in [0.717, 1.165) is 25.7 Å². The smallest absolute Gasteiger partial charge is 0.322 e. The summed E-state index contributed by atoms with van der Waals surface area (Å²) in [6.07, 6.45) is 3.23. The molecule has 0 aliphatic carbocycles. The monoisotopic (exact) mass is 488 g/mol. The Kier molecular flexibility index (Phi) is 6.84. The van der Waals surface area contributed by atoms with Crippen molar-refractivity contribution >= 4 is 40.8 Å². The lowest BCUT2D eigenvalue weighted by Crippen LogP contribution is -2.62. The maximum atomic E-state index is 13.4. The van der Waals surface area contributed by atoms with Crippen LogP contribution in [0, 0.1) is 0 Å². The third-order valence-corrected chi connectivity index (χ3v) is 7.54. The molecule has 10 heteroatoms. The van der Waals surface area contributed by atoms with Gasteiger partial charge < -0.3 is 15.1 Å². The zero-order valence-electron chi connectivity index (χ0n) is 18.0. The molecule has 3 saturated heterocycles. The second-order valence-corrected chi connectivity index (χ2v) is 9.86. The Bertz CT molecular complexity index is 887. The van der Waals surface area contributed by atoms with Gasteiger partial charge in [0.15, 0.2) is 0 Å². The van der Waals surface area contributed by atoms with Crippen LogP contribution in [0.1, 0.15) is 39.0 Å². The number of hydrogen-bond acceptors (Lipinski definition) is 3. The third-order valence-electron chi connectivity index (χ3n) is 6.80. The van der Waals surface area contributed by atoms with Crippen molar-refractivity contribution in [3.63, 3.8) is 0 Å². The van der Waals surface area contributed by atoms with Crippen LogP contribution in [-0.2, 0) is 4.79 Å². The van der Waals surface area contributed by atoms with Crippen LogP contribution in [0.15, 0.2) is 18.2 Å². The summed E-state index contributed by atoms with van der Waals surface area (Å²) >= 11 is 12.0. The Morgan fingerprint density at radius 2 is 2.03 bits per heavy atom. The second kappa shape index (κ2) is 9.31. The van der Waals surface area contributed by atoms with E-state index in [1.54, 1.807) is 30.0 Å². The normalized spacial score (nSPS) is 27.7. The van der Waals surface area contributed by atoms with Gasteiger partial charge in [-0.25, -0.2) is 13.6 Å². The van der Waals surface area contributed by atoms with E-state index in [-0.39, 0.29) is 37.0 Å². The summed E-state index contributed by atoms with van der Waals surface area (Å²) in [6.45, 7) is 3.11. The minimum absolute atomic E-state index is 0.0145. The van der Waals surface area contributed by atoms with Gasteiger partial charge in [-0.1, -0.05) is 23.2 Å². The van der Waals surface area contributed by atoms with E-state index in [1.807, 2.05) is 9.80 Å². The summed E-state index contributed by atoms with van der Waals surface area (Å²) in [6, 6.07) is 4.02. The molecule has 0 unspecified atom stereocenters. The molecule has 4 rings (SSSR count). The number of likely N-dealkylation sites (tertiary alicyclic amines) is 1. The Morgan fingerprint density at radius 1 is 1.25 bits per heavy atom. The SMILES string of the molecule is C[C@H]1C(=O)N2[C@@H](CCCN3CCC(F)(F)C3)CC[C@H]2CN1C(=O)Nc1ccc(Cl)c(Cl)c1. The first-order valence-electron chi connectivity index (χ1n) is 11.1. The molecule has 0 saturated carbocycles. The van der Waals surface area contributed by atoms with Crippen molar-refractivity contribution in [1.29, 1.82) is 0 Å². The van der Waals surface area contributed by atoms with Crippen LogP contribution in [0.25, 0.3) is 0 Å². The molecule has 3 heterocycles. The lowest BCUT2D eigenvalue weighted by atomic mass is 10.1. The van der Waals surface area contributed by atoms with Crippen molar-refractivity contribution < 1.29 is 18.4 Å². The van der Waals surface area contributed by atoms with Crippen LogP contribution < -0.4 is 5.32 Å². The number of carbonyl (C=O) groups is 2. The predicted octanol–water partition coefficient (Wildman–Crippen LogP) is 4.71. The molecule has 3 fully saturated rings. The Labute approximate surface area is 196 Å². The van der Waals surface area contributed by atoms with Crippen LogP contribution in [0.5, 0.6) is 0 Å². The van der Waals surface area contributed by atoms with E-state index in [2.05, 4.69) is 5.32 Å². The quantitative estimate of drug-likeness (QED) is 0.652. The molecule has 0 aromatic heterocycles. The summed E-state index contributed by atoms with van der Waals surface area (Å²) in [4.78, 5) is 31.3. The number of rotatable bonds is 5. The summed E-state index contributed by atoms with van der Waals surface area (Å²) < 4.78 is 26.7. The topological polar surface area (TPSA) is 55.9 Å². The molecular formula is C22H28Cl2F2N4O2. The van der Waals surface area contributed by atoms with Gasteiger partial charge in [0, 0.05) is 37.3 Å². The number of fused-ring (bicyclic) bond motifs is 1. The molecule has 3 aliphatic heterocycles. The number of amides is 3. The fourth-order valence-electron chi connectivity index (χ4n) is 5.09. The van der Waals surface area contributed by atoms with Gasteiger partial charge in [-0.3, -0.25) is 9.69 Å². The average molecular weight is 489 g/mol. The van der Waals surface area contributed by atoms with Gasteiger partial charge in [-0.2, -0.15) is 0 Å². The highest BCUT2D eigenvalue weighted by atomic mass is 35.5. The molecule has 0 radical (unpaired) electrons. The van der Waals surface area contributed by atoms with Crippen molar-refractivity contribution in [2.75, 3.05) is 31.5 Å². The standard InChI is InChI=1S/C22H28Cl2F2N4O2/c1-14-20(31)30-16(3-2-9-28-10-8-22(25,26)13-28)5-6-17(30)12-29(14)21(32)27-15-4-7-18(23)19(24)11-15/h4,7,11,14,16-17H,2-3,5-6,8-10,12-13H2,1H3,(H,27,32)/t14-,16-,17-/m0/s1. The summed E-state index contributed by atoms with van der Waals surface area (Å²) in [5, 5.41) is 3.54. The summed E-state index contributed by atoms with van der Waals surface area (Å²) in [7, 11) is 0. The Balaban J connectivity index is 1.32. The van der Waals surface area contributed by atoms with Crippen LogP contribution in [0.2, 0.25) is 10.0 Å². The number of urea groups is 1. The van der Waals surface area contributed by atoms with Gasteiger partial charge in [-0.15, -0.1) is 0 Å². The zero-order chi connectivity index (χ0) is 23.0. The number of hydrogen-bond donors (Lipinski definition) is 1. The molecule has 0 spiro atoms. The first kappa shape index (κ1) is 23.5. The molecule has 3 aliphatic rings. The van der Waals surface area contributed by atoms with E-state index < -0.39 is 12.0 Å². The number of halogens is 4. The Morgan fingerprint density at radius 3 is 2.72 bits per heavy atom. The number of nitrogens with zero attached hydrogens (tertiary/aromatic N) is 3. The fourth-order valence-corrected chi connectivity index (χ4v) is 5.39. The van der Waals surface area contributed by atoms with Gasteiger partial charge in [0.05, 0.1) is 16.6 Å². The van der Waals surface area contributed by atoms with E-state index in [0.29, 0.717) is 35.4 Å². The summed E-state index contributed by atoms with van der Waals surface area (Å²) in [5.41, 5.74) is 0.517. The van der Waals surface area contributed by atoms with Gasteiger partial charge in [0.1, 0.15) is 6.04 Å². The molecule has 1 aromatic rings. The minimum atomic E-state index is -2.57. The van der Waals surface area contributed by atoms with Crippen LogP contribution in [0.4, 0.5) is 19.3 Å². The third kappa shape index (κ3) is 4.97. The van der Waals surface area contributed by atoms with Gasteiger partial charge in [0.2, 0.25) is 5.91 Å².